The third-order valence-corrected chi connectivity index (χ3v) is 2.37. The van der Waals surface area contributed by atoms with Gasteiger partial charge in [0.2, 0.25) is 0 Å². The van der Waals surface area contributed by atoms with E-state index < -0.39 is 5.97 Å². The summed E-state index contributed by atoms with van der Waals surface area (Å²) in [6.45, 7) is 1.98. The Kier molecular flexibility index (Phi) is 3.80. The van der Waals surface area contributed by atoms with Crippen LogP contribution in [0.1, 0.15) is 15.9 Å². The molecule has 0 aromatic heterocycles. The van der Waals surface area contributed by atoms with Crippen LogP contribution < -0.4 is 0 Å². The molecule has 2 nitrogen and oxygen atoms in total. The molecule has 0 radical (unpaired) electrons. The van der Waals surface area contributed by atoms with E-state index in [0.29, 0.717) is 5.56 Å². The number of benzene rings is 2. The van der Waals surface area contributed by atoms with Crippen LogP contribution in [0.15, 0.2) is 36.4 Å². The molecule has 0 aliphatic rings. The van der Waals surface area contributed by atoms with Crippen LogP contribution >= 0.6 is 0 Å². The number of carboxylic acid groups (broad SMARTS) is 1. The summed E-state index contributed by atoms with van der Waals surface area (Å²) in [5.74, 6) is -0.874. The number of hydrogen-bond acceptors (Lipinski definition) is 1. The molecule has 2 rings (SSSR count). The Morgan fingerprint density at radius 3 is 2.27 bits per heavy atom. The standard InChI is InChI=1S/C12H10O2.In.3H/c1-8-6-7-11(12(13)14)10-5-3-2-4-9(8)10;;;;/h2-7H,1H3,(H,13,14);;;;. The zero-order valence-corrected chi connectivity index (χ0v) is 7.82. The second kappa shape index (κ2) is 4.71. The van der Waals surface area contributed by atoms with Crippen molar-refractivity contribution < 1.29 is 9.90 Å². The zero-order valence-electron chi connectivity index (χ0n) is 7.82. The first-order chi connectivity index (χ1) is 6.70. The van der Waals surface area contributed by atoms with Crippen molar-refractivity contribution in [1.82, 2.24) is 0 Å². The van der Waals surface area contributed by atoms with E-state index in [1.54, 1.807) is 6.07 Å². The number of rotatable bonds is 1. The van der Waals surface area contributed by atoms with Gasteiger partial charge in [0.1, 0.15) is 0 Å². The first-order valence-corrected chi connectivity index (χ1v) is 4.42. The number of aryl methyl sites for hydroxylation is 1. The molecule has 15 heavy (non-hydrogen) atoms. The molecule has 2 aromatic carbocycles. The fraction of sp³-hybridized carbons (Fsp3) is 0.0833. The van der Waals surface area contributed by atoms with Crippen LogP contribution in [-0.4, -0.2) is 36.9 Å². The molecule has 1 N–H and O–H groups in total. The van der Waals surface area contributed by atoms with Crippen LogP contribution in [0.25, 0.3) is 10.8 Å². The fourth-order valence-electron chi connectivity index (χ4n) is 1.64. The maximum atomic E-state index is 10.9. The van der Waals surface area contributed by atoms with Crippen molar-refractivity contribution in [3.8, 4) is 0 Å². The minimum atomic E-state index is -0.874. The second-order valence-electron chi connectivity index (χ2n) is 3.28. The van der Waals surface area contributed by atoms with Gasteiger partial charge in [-0.25, -0.2) is 4.79 Å². The van der Waals surface area contributed by atoms with Crippen molar-refractivity contribution >= 4 is 42.6 Å². The summed E-state index contributed by atoms with van der Waals surface area (Å²) in [5, 5.41) is 10.8. The molecule has 0 saturated carbocycles. The molecule has 0 fully saturated rings. The molecule has 0 amide bonds. The molecule has 0 heterocycles. The third-order valence-electron chi connectivity index (χ3n) is 2.37. The molecule has 0 aliphatic heterocycles. The predicted octanol–water partition coefficient (Wildman–Crippen LogP) is 1.66. The summed E-state index contributed by atoms with van der Waals surface area (Å²) in [7, 11) is 0. The Morgan fingerprint density at radius 1 is 1.07 bits per heavy atom. The number of fused-ring (bicyclic) bond motifs is 1. The Labute approximate surface area is 107 Å². The van der Waals surface area contributed by atoms with E-state index in [0.717, 1.165) is 16.3 Å². The van der Waals surface area contributed by atoms with Gasteiger partial charge in [-0.2, -0.15) is 0 Å². The third kappa shape index (κ3) is 2.17. The number of carboxylic acids is 1. The SMILES string of the molecule is Cc1ccc(C(=O)O)c2ccccc12.[InH3]. The van der Waals surface area contributed by atoms with Crippen molar-refractivity contribution in [2.24, 2.45) is 0 Å². The van der Waals surface area contributed by atoms with Crippen LogP contribution in [0.5, 0.6) is 0 Å². The summed E-state index contributed by atoms with van der Waals surface area (Å²) in [4.78, 5) is 10.9. The molecule has 2 aromatic rings. The van der Waals surface area contributed by atoms with Gasteiger partial charge in [0.05, 0.1) is 5.56 Å². The molecular formula is C12H13InO2. The summed E-state index contributed by atoms with van der Waals surface area (Å²) >= 11 is 0. The Morgan fingerprint density at radius 2 is 1.67 bits per heavy atom. The van der Waals surface area contributed by atoms with Crippen LogP contribution in [0.4, 0.5) is 0 Å². The summed E-state index contributed by atoms with van der Waals surface area (Å²) in [5.41, 5.74) is 1.47. The van der Waals surface area contributed by atoms with Gasteiger partial charge in [0, 0.05) is 0 Å². The van der Waals surface area contributed by atoms with E-state index >= 15 is 0 Å². The average molecular weight is 304 g/mol. The van der Waals surface area contributed by atoms with Gasteiger partial charge in [0.25, 0.3) is 0 Å². The van der Waals surface area contributed by atoms with Crippen LogP contribution in [0, 0.1) is 6.92 Å². The van der Waals surface area contributed by atoms with Gasteiger partial charge in [-0.15, -0.1) is 0 Å². The van der Waals surface area contributed by atoms with Crippen molar-refractivity contribution in [1.29, 1.82) is 0 Å². The van der Waals surface area contributed by atoms with Gasteiger partial charge in [-0.3, -0.25) is 0 Å². The quantitative estimate of drug-likeness (QED) is 0.870. The average Bonchev–Trinajstić information content (AvgIpc) is 2.18. The molecule has 76 valence electrons. The number of hydrogen-bond donors (Lipinski definition) is 1. The summed E-state index contributed by atoms with van der Waals surface area (Å²) in [6, 6.07) is 11.0. The minimum absolute atomic E-state index is 0. The Balaban J connectivity index is 0.00000112. The van der Waals surface area contributed by atoms with Crippen LogP contribution in [0.3, 0.4) is 0 Å². The van der Waals surface area contributed by atoms with Crippen molar-refractivity contribution in [2.45, 2.75) is 6.92 Å². The van der Waals surface area contributed by atoms with E-state index in [-0.39, 0.29) is 25.8 Å². The monoisotopic (exact) mass is 304 g/mol. The van der Waals surface area contributed by atoms with Gasteiger partial charge >= 0.3 is 31.8 Å². The van der Waals surface area contributed by atoms with Crippen LogP contribution in [0.2, 0.25) is 0 Å². The molecule has 0 bridgehead atoms. The molecule has 3 heteroatoms. The maximum absolute atomic E-state index is 10.9. The van der Waals surface area contributed by atoms with Crippen molar-refractivity contribution in [3.63, 3.8) is 0 Å². The zero-order chi connectivity index (χ0) is 10.1. The van der Waals surface area contributed by atoms with Gasteiger partial charge in [-0.1, -0.05) is 30.3 Å². The topological polar surface area (TPSA) is 37.3 Å². The van der Waals surface area contributed by atoms with Gasteiger partial charge in [0.15, 0.2) is 0 Å². The molecule has 0 spiro atoms. The van der Waals surface area contributed by atoms with E-state index in [4.69, 9.17) is 5.11 Å². The molecule has 0 atom stereocenters. The first-order valence-electron chi connectivity index (χ1n) is 4.42. The molecule has 0 unspecified atom stereocenters. The normalized spacial score (nSPS) is 9.67. The number of carbonyl (C=O) groups is 1. The van der Waals surface area contributed by atoms with Gasteiger partial charge < -0.3 is 5.11 Å². The van der Waals surface area contributed by atoms with Crippen molar-refractivity contribution in [2.75, 3.05) is 0 Å². The summed E-state index contributed by atoms with van der Waals surface area (Å²) in [6.07, 6.45) is 0. The molecule has 0 saturated heterocycles. The van der Waals surface area contributed by atoms with Gasteiger partial charge in [-0.05, 0) is 29.3 Å². The van der Waals surface area contributed by atoms with E-state index in [1.165, 1.54) is 0 Å². The first kappa shape index (κ1) is 12.1. The molecular weight excluding hydrogens is 291 g/mol. The predicted molar refractivity (Wildman–Crippen MR) is 65.6 cm³/mol. The van der Waals surface area contributed by atoms with E-state index in [1.807, 2.05) is 37.3 Å². The van der Waals surface area contributed by atoms with E-state index in [2.05, 4.69) is 0 Å². The fourth-order valence-corrected chi connectivity index (χ4v) is 1.64. The Bertz CT molecular complexity index is 506. The van der Waals surface area contributed by atoms with E-state index in [9.17, 15) is 4.79 Å². The second-order valence-corrected chi connectivity index (χ2v) is 3.28. The summed E-state index contributed by atoms with van der Waals surface area (Å²) < 4.78 is 0. The van der Waals surface area contributed by atoms with Crippen LogP contribution in [-0.2, 0) is 0 Å². The number of aromatic carboxylic acids is 1. The molecule has 0 aliphatic carbocycles. The van der Waals surface area contributed by atoms with Crippen molar-refractivity contribution in [3.05, 3.63) is 47.5 Å². The Hall–Kier alpha value is -0.960.